The lowest BCUT2D eigenvalue weighted by Gasteiger charge is -2.27. The number of halogens is 1. The second kappa shape index (κ2) is 9.94. The van der Waals surface area contributed by atoms with Crippen LogP contribution in [0.3, 0.4) is 0 Å². The maximum atomic E-state index is 13.5. The molecular formula is C31H31FN4O. The number of aromatic nitrogens is 2. The lowest BCUT2D eigenvalue weighted by atomic mass is 10.0. The van der Waals surface area contributed by atoms with E-state index >= 15 is 0 Å². The molecule has 1 N–H and O–H groups in total. The normalized spacial score (nSPS) is 15.8. The number of hydrogen-bond acceptors (Lipinski definition) is 3. The van der Waals surface area contributed by atoms with E-state index in [0.29, 0.717) is 11.5 Å². The van der Waals surface area contributed by atoms with Crippen LogP contribution < -0.4 is 5.32 Å². The van der Waals surface area contributed by atoms with E-state index in [2.05, 4.69) is 76.7 Å². The van der Waals surface area contributed by atoms with E-state index in [0.717, 1.165) is 37.3 Å². The van der Waals surface area contributed by atoms with Crippen molar-refractivity contribution in [1.29, 1.82) is 0 Å². The molecule has 2 aromatic carbocycles. The fraction of sp³-hybridized carbons (Fsp3) is 0.290. The highest BCUT2D eigenvalue weighted by Crippen LogP contribution is 2.42. The van der Waals surface area contributed by atoms with Gasteiger partial charge in [0.25, 0.3) is 0 Å². The third kappa shape index (κ3) is 5.07. The van der Waals surface area contributed by atoms with E-state index < -0.39 is 5.95 Å². The highest BCUT2D eigenvalue weighted by molar-refractivity contribution is 5.96. The maximum absolute atomic E-state index is 13.5. The molecular weight excluding hydrogens is 463 g/mol. The molecule has 6 heteroatoms. The number of carbonyl (C=O) groups excluding carboxylic acids is 1. The maximum Gasteiger partial charge on any atom is 0.326 e. The molecule has 2 aliphatic rings. The minimum atomic E-state index is -0.542. The lowest BCUT2D eigenvalue weighted by molar-refractivity contribution is 0.240. The third-order valence-electron chi connectivity index (χ3n) is 7.49. The lowest BCUT2D eigenvalue weighted by Crippen LogP contribution is -2.34. The Morgan fingerprint density at radius 2 is 1.97 bits per heavy atom. The number of fused-ring (bicyclic) bond motifs is 3. The molecule has 0 atom stereocenters. The van der Waals surface area contributed by atoms with Gasteiger partial charge >= 0.3 is 6.03 Å². The van der Waals surface area contributed by atoms with Crippen LogP contribution >= 0.6 is 0 Å². The molecule has 188 valence electrons. The van der Waals surface area contributed by atoms with Crippen LogP contribution in [0.2, 0.25) is 0 Å². The first-order valence-electron chi connectivity index (χ1n) is 13.1. The molecule has 1 aliphatic carbocycles. The fourth-order valence-corrected chi connectivity index (χ4v) is 5.32. The zero-order valence-corrected chi connectivity index (χ0v) is 21.1. The summed E-state index contributed by atoms with van der Waals surface area (Å²) < 4.78 is 15.4. The summed E-state index contributed by atoms with van der Waals surface area (Å²) in [5.41, 5.74) is 7.81. The van der Waals surface area contributed by atoms with E-state index in [9.17, 15) is 9.18 Å². The minimum absolute atomic E-state index is 0.171. The van der Waals surface area contributed by atoms with Crippen molar-refractivity contribution in [1.82, 2.24) is 19.8 Å². The fourth-order valence-electron chi connectivity index (χ4n) is 5.32. The van der Waals surface area contributed by atoms with Crippen LogP contribution in [0.25, 0.3) is 17.0 Å². The summed E-state index contributed by atoms with van der Waals surface area (Å²) in [6.07, 6.45) is 9.12. The molecule has 0 unspecified atom stereocenters. The Morgan fingerprint density at radius 1 is 1.14 bits per heavy atom. The van der Waals surface area contributed by atoms with Gasteiger partial charge < -0.3 is 5.32 Å². The predicted molar refractivity (Wildman–Crippen MR) is 145 cm³/mol. The van der Waals surface area contributed by atoms with Gasteiger partial charge in [-0.05, 0) is 72.2 Å². The van der Waals surface area contributed by atoms with Crippen molar-refractivity contribution in [2.45, 2.75) is 45.2 Å². The van der Waals surface area contributed by atoms with Crippen molar-refractivity contribution in [2.75, 3.05) is 13.1 Å². The summed E-state index contributed by atoms with van der Waals surface area (Å²) in [7, 11) is 0. The van der Waals surface area contributed by atoms with Gasteiger partial charge in [-0.1, -0.05) is 48.0 Å². The average molecular weight is 495 g/mol. The smallest absolute Gasteiger partial charge is 0.326 e. The van der Waals surface area contributed by atoms with Gasteiger partial charge in [-0.3, -0.25) is 9.47 Å². The number of pyridine rings is 1. The van der Waals surface area contributed by atoms with Gasteiger partial charge in [0, 0.05) is 49.9 Å². The predicted octanol–water partition coefficient (Wildman–Crippen LogP) is 6.19. The SMILES string of the molecule is Cc1ccc(/C=C/CN2CCc3c(c4cc(C5CC5)ccc4n3C(=O)NCc3ccnc(F)c3)C2)cc1. The molecule has 5 nitrogen and oxygen atoms in total. The van der Waals surface area contributed by atoms with Crippen molar-refractivity contribution in [3.05, 3.63) is 106 Å². The Balaban J connectivity index is 1.26. The summed E-state index contributed by atoms with van der Waals surface area (Å²) in [5, 5.41) is 4.17. The van der Waals surface area contributed by atoms with E-state index in [1.165, 1.54) is 52.7 Å². The second-order valence-electron chi connectivity index (χ2n) is 10.3. The van der Waals surface area contributed by atoms with Crippen LogP contribution in [-0.2, 0) is 19.5 Å². The van der Waals surface area contributed by atoms with E-state index in [4.69, 9.17) is 0 Å². The summed E-state index contributed by atoms with van der Waals surface area (Å²) in [6.45, 7) is 4.92. The summed E-state index contributed by atoms with van der Waals surface area (Å²) in [4.78, 5) is 19.5. The molecule has 4 aromatic rings. The van der Waals surface area contributed by atoms with Gasteiger partial charge in [0.15, 0.2) is 0 Å². The van der Waals surface area contributed by atoms with E-state index in [1.807, 2.05) is 4.57 Å². The molecule has 0 saturated heterocycles. The van der Waals surface area contributed by atoms with Crippen molar-refractivity contribution in [2.24, 2.45) is 0 Å². The number of benzene rings is 2. The Kier molecular flexibility index (Phi) is 6.35. The van der Waals surface area contributed by atoms with Crippen LogP contribution in [0.1, 0.15) is 52.3 Å². The highest BCUT2D eigenvalue weighted by Gasteiger charge is 2.29. The van der Waals surface area contributed by atoms with Crippen molar-refractivity contribution < 1.29 is 9.18 Å². The number of amides is 1. The molecule has 0 spiro atoms. The van der Waals surface area contributed by atoms with Gasteiger partial charge in [0.1, 0.15) is 0 Å². The van der Waals surface area contributed by atoms with Gasteiger partial charge in [-0.15, -0.1) is 0 Å². The average Bonchev–Trinajstić information content (AvgIpc) is 3.71. The van der Waals surface area contributed by atoms with Crippen molar-refractivity contribution in [3.8, 4) is 0 Å². The van der Waals surface area contributed by atoms with Crippen LogP contribution in [0.5, 0.6) is 0 Å². The standard InChI is InChI=1S/C31H31FN4O/c1-21-4-6-22(7-5-21)3-2-15-35-16-13-29-27(20-35)26-18-25(24-8-9-24)10-11-28(26)36(29)31(37)34-19-23-12-14-33-30(32)17-23/h2-7,10-12,14,17-18,24H,8-9,13,15-16,19-20H2,1H3,(H,34,37)/b3-2+. The van der Waals surface area contributed by atoms with Crippen LogP contribution in [-0.4, -0.2) is 33.6 Å². The van der Waals surface area contributed by atoms with Gasteiger partial charge in [0.05, 0.1) is 5.52 Å². The Morgan fingerprint density at radius 3 is 2.76 bits per heavy atom. The topological polar surface area (TPSA) is 50.2 Å². The molecule has 1 aliphatic heterocycles. The first kappa shape index (κ1) is 23.6. The number of aryl methyl sites for hydroxylation is 1. The zero-order valence-electron chi connectivity index (χ0n) is 21.1. The van der Waals surface area contributed by atoms with Crippen molar-refractivity contribution >= 4 is 23.0 Å². The third-order valence-corrected chi connectivity index (χ3v) is 7.49. The van der Waals surface area contributed by atoms with E-state index in [-0.39, 0.29) is 12.6 Å². The number of nitrogens with zero attached hydrogens (tertiary/aromatic N) is 3. The molecule has 1 saturated carbocycles. The summed E-state index contributed by atoms with van der Waals surface area (Å²) >= 11 is 0. The zero-order chi connectivity index (χ0) is 25.4. The van der Waals surface area contributed by atoms with Gasteiger partial charge in [0.2, 0.25) is 5.95 Å². The molecule has 2 aromatic heterocycles. The molecule has 3 heterocycles. The number of nitrogens with one attached hydrogen (secondary N) is 1. The van der Waals surface area contributed by atoms with Crippen LogP contribution in [0, 0.1) is 12.9 Å². The van der Waals surface area contributed by atoms with Gasteiger partial charge in [-0.25, -0.2) is 9.78 Å². The molecule has 0 radical (unpaired) electrons. The van der Waals surface area contributed by atoms with Crippen LogP contribution in [0.15, 0.2) is 66.9 Å². The largest absolute Gasteiger partial charge is 0.333 e. The molecule has 1 fully saturated rings. The highest BCUT2D eigenvalue weighted by atomic mass is 19.1. The first-order valence-corrected chi connectivity index (χ1v) is 13.1. The Labute approximate surface area is 216 Å². The number of hydrogen-bond donors (Lipinski definition) is 1. The molecule has 6 rings (SSSR count). The number of carbonyl (C=O) groups is 1. The Hall–Kier alpha value is -3.77. The summed E-state index contributed by atoms with van der Waals surface area (Å²) in [5.74, 6) is 0.107. The summed E-state index contributed by atoms with van der Waals surface area (Å²) in [6, 6.07) is 18.0. The first-order chi connectivity index (χ1) is 18.0. The van der Waals surface area contributed by atoms with Crippen LogP contribution in [0.4, 0.5) is 9.18 Å². The van der Waals surface area contributed by atoms with E-state index in [1.54, 1.807) is 6.07 Å². The Bertz CT molecular complexity index is 1480. The van der Waals surface area contributed by atoms with Gasteiger partial charge in [-0.2, -0.15) is 4.39 Å². The molecule has 37 heavy (non-hydrogen) atoms. The quantitative estimate of drug-likeness (QED) is 0.325. The second-order valence-corrected chi connectivity index (χ2v) is 10.3. The monoisotopic (exact) mass is 494 g/mol. The molecule has 0 bridgehead atoms. The minimum Gasteiger partial charge on any atom is -0.333 e. The molecule has 1 amide bonds. The van der Waals surface area contributed by atoms with Crippen molar-refractivity contribution in [3.63, 3.8) is 0 Å². The number of rotatable bonds is 6.